The number of nitrogens with zero attached hydrogens (tertiary/aromatic N) is 1. The molecule has 1 atom stereocenters. The largest absolute Gasteiger partial charge is 0.497 e. The van der Waals surface area contributed by atoms with Crippen molar-refractivity contribution in [2.45, 2.75) is 31.2 Å². The second-order valence-electron chi connectivity index (χ2n) is 7.76. The van der Waals surface area contributed by atoms with Crippen molar-refractivity contribution in [1.82, 2.24) is 10.2 Å². The SMILES string of the molecule is COc1ccc(NS(=O)(=O)c2cccc(C(=O)N[C@H]3CCN(C(=O)C(C)C)C3)c2)cc1. The van der Waals surface area contributed by atoms with Crippen molar-refractivity contribution in [2.24, 2.45) is 5.92 Å². The monoisotopic (exact) mass is 445 g/mol. The van der Waals surface area contributed by atoms with Crippen molar-refractivity contribution in [2.75, 3.05) is 24.9 Å². The first-order valence-corrected chi connectivity index (χ1v) is 11.5. The summed E-state index contributed by atoms with van der Waals surface area (Å²) in [5, 5.41) is 2.90. The Labute approximate surface area is 182 Å². The number of ether oxygens (including phenoxy) is 1. The lowest BCUT2D eigenvalue weighted by atomic mass is 10.2. The van der Waals surface area contributed by atoms with E-state index in [2.05, 4.69) is 10.0 Å². The van der Waals surface area contributed by atoms with E-state index in [0.29, 0.717) is 30.9 Å². The number of benzene rings is 2. The molecular weight excluding hydrogens is 418 g/mol. The van der Waals surface area contributed by atoms with Crippen LogP contribution in [0.3, 0.4) is 0 Å². The van der Waals surface area contributed by atoms with Gasteiger partial charge in [0.05, 0.1) is 12.0 Å². The highest BCUT2D eigenvalue weighted by Crippen LogP contribution is 2.20. The fourth-order valence-corrected chi connectivity index (χ4v) is 4.49. The van der Waals surface area contributed by atoms with Gasteiger partial charge >= 0.3 is 0 Å². The van der Waals surface area contributed by atoms with Gasteiger partial charge in [-0.25, -0.2) is 8.42 Å². The van der Waals surface area contributed by atoms with E-state index < -0.39 is 10.0 Å². The number of hydrogen-bond donors (Lipinski definition) is 2. The normalized spacial score (nSPS) is 16.3. The zero-order valence-electron chi connectivity index (χ0n) is 17.8. The number of anilines is 1. The Balaban J connectivity index is 1.67. The minimum Gasteiger partial charge on any atom is -0.497 e. The Morgan fingerprint density at radius 3 is 2.48 bits per heavy atom. The summed E-state index contributed by atoms with van der Waals surface area (Å²) in [6.07, 6.45) is 0.668. The van der Waals surface area contributed by atoms with Gasteiger partial charge in [0.2, 0.25) is 5.91 Å². The zero-order valence-corrected chi connectivity index (χ0v) is 18.6. The highest BCUT2D eigenvalue weighted by molar-refractivity contribution is 7.92. The summed E-state index contributed by atoms with van der Waals surface area (Å²) < 4.78 is 33.0. The van der Waals surface area contributed by atoms with E-state index >= 15 is 0 Å². The molecule has 2 aromatic rings. The van der Waals surface area contributed by atoms with Gasteiger partial charge in [0.25, 0.3) is 15.9 Å². The van der Waals surface area contributed by atoms with E-state index in [9.17, 15) is 18.0 Å². The molecule has 1 aliphatic heterocycles. The van der Waals surface area contributed by atoms with E-state index in [4.69, 9.17) is 4.74 Å². The van der Waals surface area contributed by atoms with Crippen LogP contribution in [0.1, 0.15) is 30.6 Å². The first-order valence-electron chi connectivity index (χ1n) is 10.1. The first kappa shape index (κ1) is 22.6. The lowest BCUT2D eigenvalue weighted by Crippen LogP contribution is -2.39. The first-order chi connectivity index (χ1) is 14.7. The molecule has 166 valence electrons. The van der Waals surface area contributed by atoms with Crippen LogP contribution >= 0.6 is 0 Å². The number of methoxy groups -OCH3 is 1. The number of hydrogen-bond acceptors (Lipinski definition) is 5. The molecule has 1 aliphatic rings. The van der Waals surface area contributed by atoms with Gasteiger partial charge in [0, 0.05) is 36.3 Å². The summed E-state index contributed by atoms with van der Waals surface area (Å²) in [5.74, 6) is 0.219. The van der Waals surface area contributed by atoms with Crippen molar-refractivity contribution in [3.63, 3.8) is 0 Å². The number of likely N-dealkylation sites (tertiary alicyclic amines) is 1. The topological polar surface area (TPSA) is 105 Å². The quantitative estimate of drug-likeness (QED) is 0.681. The number of sulfonamides is 1. The Morgan fingerprint density at radius 2 is 1.84 bits per heavy atom. The fourth-order valence-electron chi connectivity index (χ4n) is 3.39. The van der Waals surface area contributed by atoms with Crippen LogP contribution in [0.2, 0.25) is 0 Å². The number of carbonyl (C=O) groups is 2. The van der Waals surface area contributed by atoms with Gasteiger partial charge in [-0.2, -0.15) is 0 Å². The third-order valence-electron chi connectivity index (χ3n) is 5.08. The molecule has 1 heterocycles. The maximum absolute atomic E-state index is 12.7. The zero-order chi connectivity index (χ0) is 22.6. The van der Waals surface area contributed by atoms with E-state index in [-0.39, 0.29) is 34.2 Å². The van der Waals surface area contributed by atoms with Crippen molar-refractivity contribution in [3.05, 3.63) is 54.1 Å². The number of amides is 2. The van der Waals surface area contributed by atoms with Crippen LogP contribution < -0.4 is 14.8 Å². The molecule has 0 aliphatic carbocycles. The maximum atomic E-state index is 12.7. The summed E-state index contributed by atoms with van der Waals surface area (Å²) in [4.78, 5) is 26.5. The average Bonchev–Trinajstić information content (AvgIpc) is 3.21. The summed E-state index contributed by atoms with van der Waals surface area (Å²) >= 11 is 0. The maximum Gasteiger partial charge on any atom is 0.261 e. The summed E-state index contributed by atoms with van der Waals surface area (Å²) in [6.45, 7) is 4.75. The predicted octanol–water partition coefficient (Wildman–Crippen LogP) is 2.48. The van der Waals surface area contributed by atoms with Gasteiger partial charge in [0.1, 0.15) is 5.75 Å². The molecule has 0 saturated carbocycles. The van der Waals surface area contributed by atoms with Crippen LogP contribution in [-0.4, -0.2) is 51.4 Å². The van der Waals surface area contributed by atoms with Crippen molar-refractivity contribution in [3.8, 4) is 5.75 Å². The Hall–Kier alpha value is -3.07. The Bertz CT molecular complexity index is 1050. The van der Waals surface area contributed by atoms with Crippen LogP contribution in [0.15, 0.2) is 53.4 Å². The second-order valence-corrected chi connectivity index (χ2v) is 9.44. The summed E-state index contributed by atoms with van der Waals surface area (Å²) in [6, 6.07) is 12.2. The number of rotatable bonds is 7. The van der Waals surface area contributed by atoms with Gasteiger partial charge in [-0.3, -0.25) is 14.3 Å². The molecular formula is C22H27N3O5S. The molecule has 0 radical (unpaired) electrons. The van der Waals surface area contributed by atoms with Gasteiger partial charge in [-0.15, -0.1) is 0 Å². The molecule has 31 heavy (non-hydrogen) atoms. The standard InChI is InChI=1S/C22H27N3O5S/c1-15(2)22(27)25-12-11-18(14-25)23-21(26)16-5-4-6-20(13-16)31(28,29)24-17-7-9-19(30-3)10-8-17/h4-10,13,15,18,24H,11-12,14H2,1-3H3,(H,23,26)/t18-/m0/s1. The van der Waals surface area contributed by atoms with E-state index in [1.165, 1.54) is 25.3 Å². The van der Waals surface area contributed by atoms with Crippen LogP contribution in [0, 0.1) is 5.92 Å². The minimum absolute atomic E-state index is 0.0148. The van der Waals surface area contributed by atoms with Crippen molar-refractivity contribution < 1.29 is 22.7 Å². The third-order valence-corrected chi connectivity index (χ3v) is 6.46. The molecule has 2 aromatic carbocycles. The molecule has 2 amide bonds. The lowest BCUT2D eigenvalue weighted by Gasteiger charge is -2.19. The molecule has 0 bridgehead atoms. The minimum atomic E-state index is -3.87. The smallest absolute Gasteiger partial charge is 0.261 e. The molecule has 3 rings (SSSR count). The number of carbonyl (C=O) groups excluding carboxylic acids is 2. The van der Waals surface area contributed by atoms with Gasteiger partial charge in [-0.05, 0) is 48.9 Å². The molecule has 8 nitrogen and oxygen atoms in total. The highest BCUT2D eigenvalue weighted by Gasteiger charge is 2.28. The molecule has 2 N–H and O–H groups in total. The lowest BCUT2D eigenvalue weighted by molar-refractivity contribution is -0.133. The molecule has 1 saturated heterocycles. The Kier molecular flexibility index (Phi) is 6.84. The summed E-state index contributed by atoms with van der Waals surface area (Å²) in [5.41, 5.74) is 0.628. The van der Waals surface area contributed by atoms with Gasteiger partial charge in [0.15, 0.2) is 0 Å². The fraction of sp³-hybridized carbons (Fsp3) is 0.364. The van der Waals surface area contributed by atoms with E-state index in [1.54, 1.807) is 35.2 Å². The van der Waals surface area contributed by atoms with Crippen molar-refractivity contribution in [1.29, 1.82) is 0 Å². The van der Waals surface area contributed by atoms with Crippen LogP contribution in [0.5, 0.6) is 5.75 Å². The second kappa shape index (κ2) is 9.38. The third kappa shape index (κ3) is 5.55. The Morgan fingerprint density at radius 1 is 1.13 bits per heavy atom. The molecule has 9 heteroatoms. The molecule has 0 unspecified atom stereocenters. The van der Waals surface area contributed by atoms with Crippen LogP contribution in [-0.2, 0) is 14.8 Å². The van der Waals surface area contributed by atoms with Crippen LogP contribution in [0.25, 0.3) is 0 Å². The average molecular weight is 446 g/mol. The van der Waals surface area contributed by atoms with Crippen molar-refractivity contribution >= 4 is 27.5 Å². The van der Waals surface area contributed by atoms with Gasteiger partial charge in [-0.1, -0.05) is 19.9 Å². The predicted molar refractivity (Wildman–Crippen MR) is 118 cm³/mol. The summed E-state index contributed by atoms with van der Waals surface area (Å²) in [7, 11) is -2.34. The molecule has 0 aromatic heterocycles. The van der Waals surface area contributed by atoms with Crippen LogP contribution in [0.4, 0.5) is 5.69 Å². The van der Waals surface area contributed by atoms with E-state index in [1.807, 2.05) is 13.8 Å². The molecule has 0 spiro atoms. The van der Waals surface area contributed by atoms with Gasteiger partial charge < -0.3 is 15.0 Å². The highest BCUT2D eigenvalue weighted by atomic mass is 32.2. The number of nitrogens with one attached hydrogen (secondary N) is 2. The molecule has 1 fully saturated rings. The van der Waals surface area contributed by atoms with E-state index in [0.717, 1.165) is 0 Å².